The number of aliphatic imine (C=N–C) groups is 1. The van der Waals surface area contributed by atoms with Crippen LogP contribution in [0.1, 0.15) is 35.2 Å². The van der Waals surface area contributed by atoms with Gasteiger partial charge in [0, 0.05) is 17.3 Å². The van der Waals surface area contributed by atoms with Gasteiger partial charge in [0.25, 0.3) is 0 Å². The minimum atomic E-state index is -4.38. The van der Waals surface area contributed by atoms with E-state index in [9.17, 15) is 13.2 Å². The summed E-state index contributed by atoms with van der Waals surface area (Å²) in [5, 5.41) is 0.672. The largest absolute Gasteiger partial charge is 0.416 e. The zero-order valence-electron chi connectivity index (χ0n) is 14.1. The maximum absolute atomic E-state index is 13.1. The van der Waals surface area contributed by atoms with E-state index < -0.39 is 11.7 Å². The van der Waals surface area contributed by atoms with Crippen LogP contribution < -0.4 is 0 Å². The number of nitrogens with zero attached hydrogens (tertiary/aromatic N) is 2. The molecule has 0 N–H and O–H groups in total. The van der Waals surface area contributed by atoms with Crippen molar-refractivity contribution in [2.45, 2.75) is 31.9 Å². The average molecular weight is 354 g/mol. The number of pyridine rings is 1. The lowest BCUT2D eigenvalue weighted by atomic mass is 9.92. The van der Waals surface area contributed by atoms with E-state index in [2.05, 4.69) is 9.98 Å². The van der Waals surface area contributed by atoms with Gasteiger partial charge in [-0.2, -0.15) is 13.2 Å². The van der Waals surface area contributed by atoms with Crippen molar-refractivity contribution in [2.24, 2.45) is 4.99 Å². The third-order valence-corrected chi connectivity index (χ3v) is 4.70. The maximum Gasteiger partial charge on any atom is 0.416 e. The van der Waals surface area contributed by atoms with Crippen molar-refractivity contribution in [3.8, 4) is 0 Å². The van der Waals surface area contributed by atoms with E-state index in [1.165, 1.54) is 6.07 Å². The second-order valence-corrected chi connectivity index (χ2v) is 6.49. The zero-order valence-corrected chi connectivity index (χ0v) is 14.1. The van der Waals surface area contributed by atoms with Crippen LogP contribution in [0.5, 0.6) is 0 Å². The number of alkyl halides is 3. The molecular weight excluding hydrogens is 337 g/mol. The quantitative estimate of drug-likeness (QED) is 0.527. The second kappa shape index (κ2) is 6.56. The van der Waals surface area contributed by atoms with Gasteiger partial charge in [-0.05, 0) is 48.9 Å². The van der Waals surface area contributed by atoms with Crippen LogP contribution in [0.15, 0.2) is 53.5 Å². The minimum Gasteiger partial charge on any atom is -0.255 e. The van der Waals surface area contributed by atoms with Gasteiger partial charge < -0.3 is 0 Å². The molecular formula is C21H17F3N2. The van der Waals surface area contributed by atoms with Crippen LogP contribution in [-0.2, 0) is 19.0 Å². The maximum atomic E-state index is 13.1. The lowest BCUT2D eigenvalue weighted by molar-refractivity contribution is -0.137. The third-order valence-electron chi connectivity index (χ3n) is 4.70. The van der Waals surface area contributed by atoms with Crippen molar-refractivity contribution < 1.29 is 13.2 Å². The molecule has 4 rings (SSSR count). The fourth-order valence-corrected chi connectivity index (χ4v) is 3.40. The molecule has 1 aromatic heterocycles. The van der Waals surface area contributed by atoms with Gasteiger partial charge in [0.2, 0.25) is 0 Å². The van der Waals surface area contributed by atoms with E-state index in [-0.39, 0.29) is 0 Å². The molecule has 0 bridgehead atoms. The molecule has 5 heteroatoms. The Morgan fingerprint density at radius 2 is 1.73 bits per heavy atom. The highest BCUT2D eigenvalue weighted by molar-refractivity contribution is 5.95. The highest BCUT2D eigenvalue weighted by Crippen LogP contribution is 2.38. The number of hydrogen-bond acceptors (Lipinski definition) is 2. The number of fused-ring (bicyclic) bond motifs is 2. The lowest BCUT2D eigenvalue weighted by Crippen LogP contribution is -2.08. The van der Waals surface area contributed by atoms with E-state index in [1.807, 2.05) is 30.3 Å². The molecule has 2 aromatic carbocycles. The normalized spacial score (nSPS) is 14.7. The van der Waals surface area contributed by atoms with Crippen molar-refractivity contribution >= 4 is 22.8 Å². The van der Waals surface area contributed by atoms with Gasteiger partial charge in [0.1, 0.15) is 0 Å². The standard InChI is InChI=1S/C21H17F3N2/c22-21(23,24)15-10-11-17-19(12-15)26-18-9-5-4-8-16(18)20(17)25-13-14-6-2-1-3-7-14/h1-3,6-7,10-13H,4-5,8-9H2/b25-13+. The zero-order chi connectivity index (χ0) is 18.1. The minimum absolute atomic E-state index is 0.362. The molecule has 26 heavy (non-hydrogen) atoms. The Kier molecular flexibility index (Phi) is 4.23. The summed E-state index contributed by atoms with van der Waals surface area (Å²) in [7, 11) is 0. The van der Waals surface area contributed by atoms with Crippen molar-refractivity contribution in [3.05, 3.63) is 70.9 Å². The van der Waals surface area contributed by atoms with Crippen LogP contribution in [-0.4, -0.2) is 11.2 Å². The van der Waals surface area contributed by atoms with E-state index in [4.69, 9.17) is 0 Å². The fraction of sp³-hybridized carbons (Fsp3) is 0.238. The van der Waals surface area contributed by atoms with Crippen LogP contribution in [0.4, 0.5) is 18.9 Å². The first-order valence-corrected chi connectivity index (χ1v) is 8.64. The Bertz CT molecular complexity index is 976. The highest BCUT2D eigenvalue weighted by Gasteiger charge is 2.31. The van der Waals surface area contributed by atoms with Gasteiger partial charge in [-0.25, -0.2) is 0 Å². The van der Waals surface area contributed by atoms with Gasteiger partial charge in [0.05, 0.1) is 16.8 Å². The fourth-order valence-electron chi connectivity index (χ4n) is 3.40. The summed E-state index contributed by atoms with van der Waals surface area (Å²) in [5.41, 5.74) is 3.34. The molecule has 0 amide bonds. The second-order valence-electron chi connectivity index (χ2n) is 6.49. The summed E-state index contributed by atoms with van der Waals surface area (Å²) < 4.78 is 39.2. The topological polar surface area (TPSA) is 25.2 Å². The Morgan fingerprint density at radius 1 is 0.962 bits per heavy atom. The molecule has 1 heterocycles. The first-order chi connectivity index (χ1) is 12.5. The number of hydrogen-bond donors (Lipinski definition) is 0. The Hall–Kier alpha value is -2.69. The third kappa shape index (κ3) is 3.21. The van der Waals surface area contributed by atoms with E-state index >= 15 is 0 Å². The van der Waals surface area contributed by atoms with E-state index in [0.29, 0.717) is 10.9 Å². The summed E-state index contributed by atoms with van der Waals surface area (Å²) in [5.74, 6) is 0. The summed E-state index contributed by atoms with van der Waals surface area (Å²) in [6.45, 7) is 0. The average Bonchev–Trinajstić information content (AvgIpc) is 2.64. The van der Waals surface area contributed by atoms with Crippen LogP contribution in [0, 0.1) is 0 Å². The van der Waals surface area contributed by atoms with Crippen LogP contribution in [0.2, 0.25) is 0 Å². The highest BCUT2D eigenvalue weighted by atomic mass is 19.4. The van der Waals surface area contributed by atoms with Crippen LogP contribution in [0.25, 0.3) is 10.9 Å². The molecule has 0 saturated heterocycles. The summed E-state index contributed by atoms with van der Waals surface area (Å²) in [6.07, 6.45) is 1.09. The Balaban J connectivity index is 1.90. The van der Waals surface area contributed by atoms with Crippen molar-refractivity contribution in [3.63, 3.8) is 0 Å². The van der Waals surface area contributed by atoms with E-state index in [0.717, 1.165) is 60.3 Å². The van der Waals surface area contributed by atoms with Gasteiger partial charge in [-0.3, -0.25) is 9.98 Å². The molecule has 1 aliphatic carbocycles. The van der Waals surface area contributed by atoms with Crippen molar-refractivity contribution in [1.29, 1.82) is 0 Å². The molecule has 3 aromatic rings. The molecule has 0 saturated carbocycles. The van der Waals surface area contributed by atoms with Gasteiger partial charge in [-0.15, -0.1) is 0 Å². The number of aromatic nitrogens is 1. The predicted molar refractivity (Wildman–Crippen MR) is 97.1 cm³/mol. The number of halogens is 3. The number of aryl methyl sites for hydroxylation is 1. The van der Waals surface area contributed by atoms with Gasteiger partial charge in [0.15, 0.2) is 0 Å². The van der Waals surface area contributed by atoms with E-state index in [1.54, 1.807) is 6.21 Å². The Labute approximate surface area is 149 Å². The molecule has 0 fully saturated rings. The first-order valence-electron chi connectivity index (χ1n) is 8.64. The van der Waals surface area contributed by atoms with Crippen molar-refractivity contribution in [2.75, 3.05) is 0 Å². The van der Waals surface area contributed by atoms with Crippen LogP contribution in [0.3, 0.4) is 0 Å². The summed E-state index contributed by atoms with van der Waals surface area (Å²) >= 11 is 0. The molecule has 1 aliphatic rings. The molecule has 0 spiro atoms. The molecule has 0 radical (unpaired) electrons. The summed E-state index contributed by atoms with van der Waals surface area (Å²) in [6, 6.07) is 13.4. The SMILES string of the molecule is FC(F)(F)c1ccc2c(/N=C/c3ccccc3)c3c(nc2c1)CCCC3. The van der Waals surface area contributed by atoms with Gasteiger partial charge in [-0.1, -0.05) is 36.4 Å². The van der Waals surface area contributed by atoms with Gasteiger partial charge >= 0.3 is 6.18 Å². The molecule has 0 atom stereocenters. The first kappa shape index (κ1) is 16.8. The predicted octanol–water partition coefficient (Wildman–Crippen LogP) is 5.88. The number of benzene rings is 2. The molecule has 2 nitrogen and oxygen atoms in total. The van der Waals surface area contributed by atoms with Crippen molar-refractivity contribution in [1.82, 2.24) is 4.98 Å². The summed E-state index contributed by atoms with van der Waals surface area (Å²) in [4.78, 5) is 9.20. The lowest BCUT2D eigenvalue weighted by Gasteiger charge is -2.19. The molecule has 0 aliphatic heterocycles. The van der Waals surface area contributed by atoms with Crippen LogP contribution >= 0.6 is 0 Å². The molecule has 0 unspecified atom stereocenters. The Morgan fingerprint density at radius 3 is 2.50 bits per heavy atom. The monoisotopic (exact) mass is 354 g/mol. The molecule has 132 valence electrons. The smallest absolute Gasteiger partial charge is 0.255 e. The number of rotatable bonds is 2.